The number of H-pyrrole nitrogens is 1. The van der Waals surface area contributed by atoms with E-state index in [0.717, 1.165) is 37.6 Å². The maximum Gasteiger partial charge on any atom is 0.433 e. The van der Waals surface area contributed by atoms with Gasteiger partial charge >= 0.3 is 18.3 Å². The minimum Gasteiger partial charge on any atom is -0.481 e. The molecule has 3 aromatic heterocycles. The molecule has 0 unspecified atom stereocenters. The molecule has 6 rings (SSSR count). The summed E-state index contributed by atoms with van der Waals surface area (Å²) in [5.41, 5.74) is -1.41. The van der Waals surface area contributed by atoms with E-state index >= 15 is 0 Å². The summed E-state index contributed by atoms with van der Waals surface area (Å²) in [5.74, 6) is -0.694. The van der Waals surface area contributed by atoms with Gasteiger partial charge in [0.25, 0.3) is 0 Å². The molecular formula is C34H36F6N6O3. The van der Waals surface area contributed by atoms with Gasteiger partial charge in [-0.1, -0.05) is 12.8 Å². The number of carboxylic acid groups (broad SMARTS) is 1. The standard InChI is InChI=1S/C34H36F6N6O3/c1-45(18-32(19-49-2)11-3-4-12-32)26-16-25(22-15-24(33(35,36)37)28(41-17-22)34(38,39)40)42-30-27(26)43-29(44-30)20-5-7-23(8-6-20)46-13-9-21(10-14-46)31(47)48/h5-8,15-17,21H,3-4,9-14,18-19H2,1-2H3,(H,47,48)(H,42,43,44). The van der Waals surface area contributed by atoms with Gasteiger partial charge in [-0.25, -0.2) is 9.97 Å². The number of piperidine rings is 1. The number of ether oxygens (including phenoxy) is 1. The van der Waals surface area contributed by atoms with Gasteiger partial charge in [0, 0.05) is 62.2 Å². The van der Waals surface area contributed by atoms with Crippen LogP contribution in [-0.2, 0) is 21.9 Å². The van der Waals surface area contributed by atoms with E-state index in [4.69, 9.17) is 4.74 Å². The smallest absolute Gasteiger partial charge is 0.433 e. The quantitative estimate of drug-likeness (QED) is 0.173. The Balaban J connectivity index is 1.40. The van der Waals surface area contributed by atoms with E-state index in [-0.39, 0.29) is 28.2 Å². The number of benzene rings is 1. The van der Waals surface area contributed by atoms with E-state index in [1.165, 1.54) is 0 Å². The second kappa shape index (κ2) is 13.1. The average Bonchev–Trinajstić information content (AvgIpc) is 3.71. The third-order valence-electron chi connectivity index (χ3n) is 9.65. The highest BCUT2D eigenvalue weighted by Crippen LogP contribution is 2.43. The Morgan fingerprint density at radius 3 is 2.29 bits per heavy atom. The molecule has 1 saturated heterocycles. The van der Waals surface area contributed by atoms with Crippen molar-refractivity contribution >= 4 is 28.5 Å². The van der Waals surface area contributed by atoms with E-state index in [2.05, 4.69) is 24.8 Å². The van der Waals surface area contributed by atoms with E-state index in [1.807, 2.05) is 36.2 Å². The van der Waals surface area contributed by atoms with Gasteiger partial charge < -0.3 is 24.6 Å². The van der Waals surface area contributed by atoms with Crippen molar-refractivity contribution in [1.82, 2.24) is 19.9 Å². The molecule has 1 saturated carbocycles. The number of methoxy groups -OCH3 is 1. The van der Waals surface area contributed by atoms with Crippen molar-refractivity contribution in [3.8, 4) is 22.6 Å². The summed E-state index contributed by atoms with van der Waals surface area (Å²) in [5, 5.41) is 9.31. The Kier molecular flexibility index (Phi) is 9.24. The molecule has 1 aromatic carbocycles. The van der Waals surface area contributed by atoms with Crippen molar-refractivity contribution in [3.05, 3.63) is 53.9 Å². The highest BCUT2D eigenvalue weighted by molar-refractivity contribution is 5.91. The number of imidazole rings is 1. The van der Waals surface area contributed by atoms with Crippen LogP contribution in [0.1, 0.15) is 49.8 Å². The largest absolute Gasteiger partial charge is 0.481 e. The maximum atomic E-state index is 13.8. The lowest BCUT2D eigenvalue weighted by Gasteiger charge is -2.34. The number of carbonyl (C=O) groups is 1. The number of anilines is 2. The van der Waals surface area contributed by atoms with Crippen LogP contribution in [0.25, 0.3) is 33.8 Å². The third-order valence-corrected chi connectivity index (χ3v) is 9.65. The van der Waals surface area contributed by atoms with Crippen molar-refractivity contribution in [1.29, 1.82) is 0 Å². The fraction of sp³-hybridized carbons (Fsp3) is 0.471. The summed E-state index contributed by atoms with van der Waals surface area (Å²) in [6, 6.07) is 9.54. The molecule has 2 aliphatic rings. The van der Waals surface area contributed by atoms with Gasteiger partial charge in [-0.2, -0.15) is 26.3 Å². The van der Waals surface area contributed by atoms with Gasteiger partial charge in [0.15, 0.2) is 11.3 Å². The van der Waals surface area contributed by atoms with Crippen molar-refractivity contribution in [2.45, 2.75) is 50.9 Å². The first kappa shape index (κ1) is 34.5. The highest BCUT2D eigenvalue weighted by atomic mass is 19.4. The first-order chi connectivity index (χ1) is 23.2. The number of nitrogens with one attached hydrogen (secondary N) is 1. The van der Waals surface area contributed by atoms with Crippen LogP contribution in [0, 0.1) is 11.3 Å². The summed E-state index contributed by atoms with van der Waals surface area (Å²) >= 11 is 0. The molecule has 0 atom stereocenters. The summed E-state index contributed by atoms with van der Waals surface area (Å²) < 4.78 is 87.6. The lowest BCUT2D eigenvalue weighted by atomic mass is 9.86. The van der Waals surface area contributed by atoms with Crippen LogP contribution >= 0.6 is 0 Å². The predicted octanol–water partition coefficient (Wildman–Crippen LogP) is 7.67. The molecule has 4 heterocycles. The molecule has 49 heavy (non-hydrogen) atoms. The molecule has 0 spiro atoms. The maximum absolute atomic E-state index is 13.8. The molecule has 2 fully saturated rings. The third kappa shape index (κ3) is 7.17. The molecule has 0 radical (unpaired) electrons. The van der Waals surface area contributed by atoms with Gasteiger partial charge in [0.2, 0.25) is 0 Å². The molecule has 9 nitrogen and oxygen atoms in total. The summed E-state index contributed by atoms with van der Waals surface area (Å²) in [4.78, 5) is 31.1. The number of halogens is 6. The van der Waals surface area contributed by atoms with Gasteiger partial charge in [-0.3, -0.25) is 9.78 Å². The Bertz CT molecular complexity index is 1810. The van der Waals surface area contributed by atoms with Crippen molar-refractivity contribution < 1.29 is 41.0 Å². The van der Waals surface area contributed by atoms with Crippen LogP contribution in [0.4, 0.5) is 37.7 Å². The summed E-state index contributed by atoms with van der Waals surface area (Å²) in [6.07, 6.45) is -4.82. The normalized spacial score (nSPS) is 17.2. The molecule has 2 N–H and O–H groups in total. The zero-order valence-corrected chi connectivity index (χ0v) is 27.0. The molecule has 0 amide bonds. The van der Waals surface area contributed by atoms with Gasteiger partial charge in [-0.05, 0) is 62.1 Å². The molecule has 4 aromatic rings. The molecule has 262 valence electrons. The number of aliphatic carboxylic acids is 1. The lowest BCUT2D eigenvalue weighted by Crippen LogP contribution is -2.37. The van der Waals surface area contributed by atoms with E-state index in [9.17, 15) is 36.2 Å². The fourth-order valence-electron chi connectivity index (χ4n) is 7.19. The molecule has 15 heteroatoms. The zero-order valence-electron chi connectivity index (χ0n) is 27.0. The molecule has 1 aliphatic heterocycles. The van der Waals surface area contributed by atoms with Crippen molar-refractivity contribution in [2.75, 3.05) is 50.2 Å². The zero-order chi connectivity index (χ0) is 35.1. The van der Waals surface area contributed by atoms with Crippen LogP contribution in [0.2, 0.25) is 0 Å². The second-order valence-electron chi connectivity index (χ2n) is 13.1. The van der Waals surface area contributed by atoms with E-state index in [1.54, 1.807) is 13.2 Å². The number of hydrogen-bond donors (Lipinski definition) is 2. The number of alkyl halides is 6. The predicted molar refractivity (Wildman–Crippen MR) is 171 cm³/mol. The second-order valence-corrected chi connectivity index (χ2v) is 13.1. The Labute approximate surface area is 278 Å². The number of fused-ring (bicyclic) bond motifs is 1. The number of aromatic amines is 1. The van der Waals surface area contributed by atoms with Crippen LogP contribution in [-0.4, -0.2) is 71.4 Å². The molecule has 1 aliphatic carbocycles. The van der Waals surface area contributed by atoms with Crippen LogP contribution in [0.15, 0.2) is 42.6 Å². The van der Waals surface area contributed by atoms with Crippen LogP contribution < -0.4 is 9.80 Å². The van der Waals surface area contributed by atoms with Gasteiger partial charge in [0.05, 0.1) is 29.5 Å². The minimum atomic E-state index is -5.30. The lowest BCUT2D eigenvalue weighted by molar-refractivity contribution is -0.164. The monoisotopic (exact) mass is 690 g/mol. The van der Waals surface area contributed by atoms with Crippen molar-refractivity contribution in [3.63, 3.8) is 0 Å². The SMILES string of the molecule is COCC1(CN(C)c2cc(-c3cnc(C(F)(F)F)c(C(F)(F)F)c3)nc3nc(-c4ccc(N5CCC(C(=O)O)CC5)cc4)[nH]c23)CCCC1. The Hall–Kier alpha value is -4.40. The van der Waals surface area contributed by atoms with Gasteiger partial charge in [-0.15, -0.1) is 0 Å². The number of hydrogen-bond acceptors (Lipinski definition) is 7. The number of nitrogens with zero attached hydrogens (tertiary/aromatic N) is 5. The summed E-state index contributed by atoms with van der Waals surface area (Å²) in [7, 11) is 3.49. The summed E-state index contributed by atoms with van der Waals surface area (Å²) in [6.45, 7) is 2.30. The first-order valence-corrected chi connectivity index (χ1v) is 16.0. The number of carboxylic acids is 1. The number of pyridine rings is 2. The van der Waals surface area contributed by atoms with Gasteiger partial charge in [0.1, 0.15) is 11.3 Å². The number of aromatic nitrogens is 4. The first-order valence-electron chi connectivity index (χ1n) is 16.0. The van der Waals surface area contributed by atoms with E-state index in [0.29, 0.717) is 67.7 Å². The molecule has 0 bridgehead atoms. The highest BCUT2D eigenvalue weighted by Gasteiger charge is 2.45. The topological polar surface area (TPSA) is 107 Å². The number of rotatable bonds is 9. The molecular weight excluding hydrogens is 654 g/mol. The minimum absolute atomic E-state index is 0.00792. The Morgan fingerprint density at radius 2 is 1.69 bits per heavy atom. The van der Waals surface area contributed by atoms with E-state index < -0.39 is 29.6 Å². The van der Waals surface area contributed by atoms with Crippen molar-refractivity contribution in [2.24, 2.45) is 11.3 Å². The average molecular weight is 691 g/mol. The van der Waals surface area contributed by atoms with Crippen LogP contribution in [0.5, 0.6) is 0 Å². The fourth-order valence-corrected chi connectivity index (χ4v) is 7.19. The Morgan fingerprint density at radius 1 is 1.02 bits per heavy atom. The van der Waals surface area contributed by atoms with Crippen LogP contribution in [0.3, 0.4) is 0 Å².